The molecule has 1 unspecified atom stereocenters. The molecule has 0 radical (unpaired) electrons. The summed E-state index contributed by atoms with van der Waals surface area (Å²) in [5.41, 5.74) is 3.29. The summed E-state index contributed by atoms with van der Waals surface area (Å²) in [6.45, 7) is 4.60. The lowest BCUT2D eigenvalue weighted by Crippen LogP contribution is -2.51. The van der Waals surface area contributed by atoms with Gasteiger partial charge in [0.15, 0.2) is 5.65 Å². The van der Waals surface area contributed by atoms with Gasteiger partial charge in [-0.1, -0.05) is 12.1 Å². The van der Waals surface area contributed by atoms with Gasteiger partial charge in [-0.15, -0.1) is 0 Å². The molecule has 5 heterocycles. The van der Waals surface area contributed by atoms with Gasteiger partial charge in [0, 0.05) is 37.9 Å². The van der Waals surface area contributed by atoms with E-state index in [0.717, 1.165) is 56.8 Å². The van der Waals surface area contributed by atoms with E-state index < -0.39 is 0 Å². The number of nitrogens with zero attached hydrogens (tertiary/aromatic N) is 6. The van der Waals surface area contributed by atoms with Gasteiger partial charge < -0.3 is 9.80 Å². The molecule has 0 aromatic carbocycles. The summed E-state index contributed by atoms with van der Waals surface area (Å²) in [4.78, 5) is 26.3. The maximum absolute atomic E-state index is 12.9. The molecule has 0 saturated carbocycles. The Balaban J connectivity index is 1.19. The van der Waals surface area contributed by atoms with Crippen molar-refractivity contribution in [2.75, 3.05) is 24.5 Å². The second-order valence-corrected chi connectivity index (χ2v) is 8.21. The first-order valence-corrected chi connectivity index (χ1v) is 10.4. The fourth-order valence-corrected chi connectivity index (χ4v) is 4.75. The summed E-state index contributed by atoms with van der Waals surface area (Å²) in [5.74, 6) is 1.50. The van der Waals surface area contributed by atoms with Crippen molar-refractivity contribution in [2.24, 2.45) is 5.92 Å². The summed E-state index contributed by atoms with van der Waals surface area (Å²) < 4.78 is 1.81. The zero-order chi connectivity index (χ0) is 19.8. The zero-order valence-corrected chi connectivity index (χ0v) is 16.7. The molecule has 7 heteroatoms. The monoisotopic (exact) mass is 390 g/mol. The van der Waals surface area contributed by atoms with Gasteiger partial charge in [-0.3, -0.25) is 4.79 Å². The molecule has 150 valence electrons. The molecule has 2 aliphatic rings. The summed E-state index contributed by atoms with van der Waals surface area (Å²) in [5, 5.41) is 4.20. The minimum atomic E-state index is 0.142. The predicted octanol–water partition coefficient (Wildman–Crippen LogP) is 2.49. The van der Waals surface area contributed by atoms with Gasteiger partial charge >= 0.3 is 0 Å². The maximum Gasteiger partial charge on any atom is 0.226 e. The van der Waals surface area contributed by atoms with Crippen molar-refractivity contribution in [2.45, 2.75) is 38.6 Å². The number of hydrogen-bond acceptors (Lipinski definition) is 5. The van der Waals surface area contributed by atoms with E-state index in [9.17, 15) is 4.79 Å². The number of amides is 1. The smallest absolute Gasteiger partial charge is 0.226 e. The molecule has 0 bridgehead atoms. The van der Waals surface area contributed by atoms with E-state index in [2.05, 4.69) is 50.0 Å². The van der Waals surface area contributed by atoms with Crippen LogP contribution >= 0.6 is 0 Å². The van der Waals surface area contributed by atoms with E-state index in [0.29, 0.717) is 11.9 Å². The van der Waals surface area contributed by atoms with E-state index in [1.165, 1.54) is 11.1 Å². The highest BCUT2D eigenvalue weighted by Crippen LogP contribution is 2.32. The van der Waals surface area contributed by atoms with Crippen molar-refractivity contribution in [3.05, 3.63) is 54.1 Å². The first-order valence-electron chi connectivity index (χ1n) is 10.4. The van der Waals surface area contributed by atoms with Gasteiger partial charge in [-0.2, -0.15) is 5.10 Å². The predicted molar refractivity (Wildman–Crippen MR) is 111 cm³/mol. The Kier molecular flexibility index (Phi) is 4.66. The van der Waals surface area contributed by atoms with Crippen LogP contribution < -0.4 is 4.90 Å². The highest BCUT2D eigenvalue weighted by atomic mass is 16.2. The summed E-state index contributed by atoms with van der Waals surface area (Å²) >= 11 is 0. The third kappa shape index (κ3) is 3.45. The van der Waals surface area contributed by atoms with Gasteiger partial charge in [0.2, 0.25) is 5.91 Å². The molecule has 3 aromatic heterocycles. The van der Waals surface area contributed by atoms with E-state index in [4.69, 9.17) is 0 Å². The van der Waals surface area contributed by atoms with Crippen LogP contribution in [0.15, 0.2) is 43.0 Å². The third-order valence-corrected chi connectivity index (χ3v) is 6.28. The molecule has 3 aromatic rings. The summed E-state index contributed by atoms with van der Waals surface area (Å²) in [6.07, 6.45) is 9.23. The molecule has 1 amide bonds. The van der Waals surface area contributed by atoms with Crippen molar-refractivity contribution < 1.29 is 4.79 Å². The average molecular weight is 390 g/mol. The molecule has 0 aliphatic carbocycles. The Morgan fingerprint density at radius 3 is 2.97 bits per heavy atom. The lowest BCUT2D eigenvalue weighted by atomic mass is 9.96. The number of pyridine rings is 2. The van der Waals surface area contributed by atoms with E-state index in [1.54, 1.807) is 6.33 Å². The van der Waals surface area contributed by atoms with Gasteiger partial charge in [0.05, 0.1) is 6.04 Å². The molecule has 29 heavy (non-hydrogen) atoms. The van der Waals surface area contributed by atoms with Gasteiger partial charge in [0.1, 0.15) is 12.1 Å². The highest BCUT2D eigenvalue weighted by Gasteiger charge is 2.42. The van der Waals surface area contributed by atoms with Crippen LogP contribution in [0.5, 0.6) is 0 Å². The highest BCUT2D eigenvalue weighted by molar-refractivity contribution is 5.82. The number of hydrogen-bond donors (Lipinski definition) is 0. The topological polar surface area (TPSA) is 66.6 Å². The van der Waals surface area contributed by atoms with Crippen molar-refractivity contribution in [3.8, 4) is 0 Å². The van der Waals surface area contributed by atoms with Crippen LogP contribution in [0.1, 0.15) is 30.4 Å². The minimum absolute atomic E-state index is 0.142. The SMILES string of the molecule is Cc1ccc(N2CCN3C(=O)C(CCCc4cccn5ncnc45)C[C@H]3C2)nc1. The lowest BCUT2D eigenvalue weighted by molar-refractivity contribution is -0.132. The summed E-state index contributed by atoms with van der Waals surface area (Å²) in [6, 6.07) is 8.61. The van der Waals surface area contributed by atoms with Crippen molar-refractivity contribution in [1.29, 1.82) is 0 Å². The minimum Gasteiger partial charge on any atom is -0.353 e. The van der Waals surface area contributed by atoms with Crippen LogP contribution in [0.4, 0.5) is 5.82 Å². The Hall–Kier alpha value is -2.96. The standard InChI is InChI=1S/C22H26N6O/c1-16-7-8-20(23-13-16)26-10-11-27-19(14-26)12-18(22(27)29)5-2-4-17-6-3-9-28-21(17)24-15-25-28/h3,6-9,13,15,18-19H,2,4-5,10-12,14H2,1H3/t18?,19-/m0/s1. The molecule has 7 nitrogen and oxygen atoms in total. The van der Waals surface area contributed by atoms with Gasteiger partial charge in [-0.05, 0) is 55.9 Å². The van der Waals surface area contributed by atoms with Crippen molar-refractivity contribution in [3.63, 3.8) is 0 Å². The average Bonchev–Trinajstić information content (AvgIpc) is 3.34. The van der Waals surface area contributed by atoms with E-state index >= 15 is 0 Å². The zero-order valence-electron chi connectivity index (χ0n) is 16.7. The van der Waals surface area contributed by atoms with E-state index in [1.807, 2.05) is 23.0 Å². The fourth-order valence-electron chi connectivity index (χ4n) is 4.75. The molecule has 2 saturated heterocycles. The van der Waals surface area contributed by atoms with E-state index in [-0.39, 0.29) is 5.92 Å². The maximum atomic E-state index is 12.9. The first-order chi connectivity index (χ1) is 14.2. The van der Waals surface area contributed by atoms with Crippen molar-refractivity contribution in [1.82, 2.24) is 24.5 Å². The van der Waals surface area contributed by atoms with Crippen LogP contribution in [0.2, 0.25) is 0 Å². The normalized spacial score (nSPS) is 21.8. The van der Waals surface area contributed by atoms with Crippen LogP contribution in [-0.2, 0) is 11.2 Å². The van der Waals surface area contributed by atoms with Crippen molar-refractivity contribution >= 4 is 17.4 Å². The molecule has 2 fully saturated rings. The van der Waals surface area contributed by atoms with Gasteiger partial charge in [-0.25, -0.2) is 14.5 Å². The Morgan fingerprint density at radius 1 is 1.17 bits per heavy atom. The fraction of sp³-hybridized carbons (Fsp3) is 0.455. The molecule has 2 atom stereocenters. The van der Waals surface area contributed by atoms with Gasteiger partial charge in [0.25, 0.3) is 0 Å². The molecule has 0 N–H and O–H groups in total. The Labute approximate surface area is 170 Å². The molecular formula is C22H26N6O. The second-order valence-electron chi connectivity index (χ2n) is 8.21. The van der Waals surface area contributed by atoms with Crippen LogP contribution in [0.3, 0.4) is 0 Å². The first kappa shape index (κ1) is 18.1. The Morgan fingerprint density at radius 2 is 2.10 bits per heavy atom. The lowest BCUT2D eigenvalue weighted by Gasteiger charge is -2.38. The van der Waals surface area contributed by atoms with Crippen LogP contribution in [0, 0.1) is 12.8 Å². The molecule has 5 rings (SSSR count). The molecular weight excluding hydrogens is 364 g/mol. The van der Waals surface area contributed by atoms with Crippen LogP contribution in [0.25, 0.3) is 5.65 Å². The largest absolute Gasteiger partial charge is 0.353 e. The number of carbonyl (C=O) groups excluding carboxylic acids is 1. The number of piperazine rings is 1. The quantitative estimate of drug-likeness (QED) is 0.670. The Bertz CT molecular complexity index is 1010. The number of rotatable bonds is 5. The number of anilines is 1. The number of fused-ring (bicyclic) bond motifs is 2. The molecule has 0 spiro atoms. The number of aromatic nitrogens is 4. The van der Waals surface area contributed by atoms with Crippen LogP contribution in [-0.4, -0.2) is 56.1 Å². The number of carbonyl (C=O) groups is 1. The molecule has 2 aliphatic heterocycles. The summed E-state index contributed by atoms with van der Waals surface area (Å²) in [7, 11) is 0. The third-order valence-electron chi connectivity index (χ3n) is 6.28. The second kappa shape index (κ2) is 7.46. The number of aryl methyl sites for hydroxylation is 2.